The molecule has 0 aliphatic carbocycles. The average molecular weight is 491 g/mol. The number of alkyl halides is 3. The first-order valence-electron chi connectivity index (χ1n) is 10.7. The van der Waals surface area contributed by atoms with Gasteiger partial charge in [0.2, 0.25) is 0 Å². The summed E-state index contributed by atoms with van der Waals surface area (Å²) in [6, 6.07) is 11.1. The second-order valence-corrected chi connectivity index (χ2v) is 8.50. The molecule has 3 aromatic rings. The van der Waals surface area contributed by atoms with Gasteiger partial charge in [-0.05, 0) is 48.7 Å². The lowest BCUT2D eigenvalue weighted by Gasteiger charge is -2.19. The number of nitrogens with zero attached hydrogens (tertiary/aromatic N) is 3. The quantitative estimate of drug-likeness (QED) is 0.541. The number of halogens is 4. The van der Waals surface area contributed by atoms with E-state index in [-0.39, 0.29) is 24.0 Å². The molecule has 0 saturated heterocycles. The Balaban J connectivity index is 1.58. The molecule has 0 unspecified atom stereocenters. The van der Waals surface area contributed by atoms with Gasteiger partial charge in [0, 0.05) is 37.1 Å². The van der Waals surface area contributed by atoms with Crippen LogP contribution in [0.25, 0.3) is 0 Å². The molecule has 0 spiro atoms. The molecular formula is C24H22ClF3N4O2. The normalized spacial score (nSPS) is 13.3. The van der Waals surface area contributed by atoms with Gasteiger partial charge in [-0.2, -0.15) is 13.2 Å². The summed E-state index contributed by atoms with van der Waals surface area (Å²) in [4.78, 5) is 32.2. The lowest BCUT2D eigenvalue weighted by molar-refractivity contribution is -0.137. The van der Waals surface area contributed by atoms with Crippen molar-refractivity contribution < 1.29 is 22.8 Å². The molecule has 4 rings (SSSR count). The van der Waals surface area contributed by atoms with Crippen molar-refractivity contribution in [3.63, 3.8) is 0 Å². The van der Waals surface area contributed by atoms with E-state index < -0.39 is 17.6 Å². The van der Waals surface area contributed by atoms with E-state index in [9.17, 15) is 22.8 Å². The summed E-state index contributed by atoms with van der Waals surface area (Å²) >= 11 is 6.02. The zero-order valence-corrected chi connectivity index (χ0v) is 19.1. The van der Waals surface area contributed by atoms with Crippen molar-refractivity contribution in [3.8, 4) is 0 Å². The number of amides is 2. The van der Waals surface area contributed by atoms with Crippen LogP contribution in [-0.4, -0.2) is 28.4 Å². The first-order valence-corrected chi connectivity index (χ1v) is 11.1. The lowest BCUT2D eigenvalue weighted by Crippen LogP contribution is -2.32. The Morgan fingerprint density at radius 2 is 1.88 bits per heavy atom. The molecule has 0 atom stereocenters. The molecule has 2 aromatic carbocycles. The molecule has 2 heterocycles. The van der Waals surface area contributed by atoms with Crippen LogP contribution in [0.3, 0.4) is 0 Å². The van der Waals surface area contributed by atoms with E-state index in [4.69, 9.17) is 11.6 Å². The highest BCUT2D eigenvalue weighted by Crippen LogP contribution is 2.29. The van der Waals surface area contributed by atoms with E-state index in [0.717, 1.165) is 25.0 Å². The van der Waals surface area contributed by atoms with Crippen LogP contribution in [-0.2, 0) is 25.7 Å². The Morgan fingerprint density at radius 1 is 1.15 bits per heavy atom. The van der Waals surface area contributed by atoms with Gasteiger partial charge in [0.25, 0.3) is 11.8 Å². The minimum atomic E-state index is -4.42. The number of aromatic nitrogens is 2. The van der Waals surface area contributed by atoms with Crippen molar-refractivity contribution in [2.24, 2.45) is 0 Å². The van der Waals surface area contributed by atoms with Gasteiger partial charge in [0.05, 0.1) is 5.56 Å². The van der Waals surface area contributed by atoms with Crippen molar-refractivity contribution >= 4 is 29.2 Å². The van der Waals surface area contributed by atoms with E-state index in [0.29, 0.717) is 34.9 Å². The summed E-state index contributed by atoms with van der Waals surface area (Å²) < 4.78 is 40.2. The summed E-state index contributed by atoms with van der Waals surface area (Å²) in [5.41, 5.74) is 0.372. The van der Waals surface area contributed by atoms with Gasteiger partial charge < -0.3 is 9.88 Å². The summed E-state index contributed by atoms with van der Waals surface area (Å²) in [5.74, 6) is 0.120. The minimum Gasteiger partial charge on any atom is -0.347 e. The van der Waals surface area contributed by atoms with E-state index >= 15 is 0 Å². The third-order valence-corrected chi connectivity index (χ3v) is 5.94. The number of rotatable bonds is 5. The molecule has 0 bridgehead atoms. The third-order valence-electron chi connectivity index (χ3n) is 5.70. The van der Waals surface area contributed by atoms with Crippen molar-refractivity contribution in [2.75, 3.05) is 11.9 Å². The van der Waals surface area contributed by atoms with E-state index in [1.54, 1.807) is 31.3 Å². The van der Waals surface area contributed by atoms with Crippen LogP contribution >= 0.6 is 11.6 Å². The number of hydrogen-bond donors (Lipinski definition) is 1. The molecular weight excluding hydrogens is 469 g/mol. The van der Waals surface area contributed by atoms with Crippen molar-refractivity contribution in [1.29, 1.82) is 0 Å². The van der Waals surface area contributed by atoms with Crippen LogP contribution in [0.2, 0.25) is 5.02 Å². The van der Waals surface area contributed by atoms with Crippen LogP contribution in [0.1, 0.15) is 50.6 Å². The summed E-state index contributed by atoms with van der Waals surface area (Å²) in [7, 11) is 1.55. The zero-order valence-electron chi connectivity index (χ0n) is 18.3. The predicted molar refractivity (Wildman–Crippen MR) is 122 cm³/mol. The second-order valence-electron chi connectivity index (χ2n) is 8.06. The Kier molecular flexibility index (Phi) is 6.65. The predicted octanol–water partition coefficient (Wildman–Crippen LogP) is 5.10. The molecule has 0 saturated carbocycles. The van der Waals surface area contributed by atoms with Gasteiger partial charge in [-0.3, -0.25) is 14.5 Å². The van der Waals surface area contributed by atoms with Crippen LogP contribution in [0.4, 0.5) is 19.0 Å². The number of fused-ring (bicyclic) bond motifs is 1. The molecule has 0 radical (unpaired) electrons. The van der Waals surface area contributed by atoms with Gasteiger partial charge in [-0.1, -0.05) is 29.8 Å². The smallest absolute Gasteiger partial charge is 0.347 e. The number of carbonyl (C=O) groups is 2. The lowest BCUT2D eigenvalue weighted by atomic mass is 10.1. The highest BCUT2D eigenvalue weighted by Gasteiger charge is 2.31. The Labute approximate surface area is 199 Å². The fourth-order valence-electron chi connectivity index (χ4n) is 3.92. The minimum absolute atomic E-state index is 0.0306. The Hall–Kier alpha value is -3.33. The molecule has 1 aliphatic rings. The van der Waals surface area contributed by atoms with Crippen molar-refractivity contribution in [1.82, 2.24) is 14.9 Å². The molecule has 34 heavy (non-hydrogen) atoms. The SMILES string of the molecule is CN(C(=O)c1cccc(Cl)c1)c1nc2n(c1C(=O)NCc1ccc(C(F)(F)F)cc1)CCCC2. The number of hydrogen-bond acceptors (Lipinski definition) is 3. The van der Waals surface area contributed by atoms with Crippen molar-refractivity contribution in [2.45, 2.75) is 38.5 Å². The first kappa shape index (κ1) is 23.8. The third kappa shape index (κ3) is 4.94. The van der Waals surface area contributed by atoms with E-state index in [2.05, 4.69) is 10.3 Å². The van der Waals surface area contributed by atoms with Crippen LogP contribution in [0.15, 0.2) is 48.5 Å². The van der Waals surface area contributed by atoms with Gasteiger partial charge in [-0.15, -0.1) is 0 Å². The molecule has 10 heteroatoms. The molecule has 0 fully saturated rings. The zero-order chi connectivity index (χ0) is 24.5. The summed E-state index contributed by atoms with van der Waals surface area (Å²) in [6.45, 7) is 0.618. The van der Waals surface area contributed by atoms with Gasteiger partial charge in [-0.25, -0.2) is 4.98 Å². The maximum Gasteiger partial charge on any atom is 0.416 e. The maximum absolute atomic E-state index is 13.2. The number of carbonyl (C=O) groups excluding carboxylic acids is 2. The molecule has 178 valence electrons. The first-order chi connectivity index (χ1) is 16.1. The van der Waals surface area contributed by atoms with E-state index in [1.165, 1.54) is 17.0 Å². The Morgan fingerprint density at radius 3 is 2.56 bits per heavy atom. The van der Waals surface area contributed by atoms with Gasteiger partial charge in [0.15, 0.2) is 11.5 Å². The molecule has 6 nitrogen and oxygen atoms in total. The number of aryl methyl sites for hydroxylation is 1. The fraction of sp³-hybridized carbons (Fsp3) is 0.292. The van der Waals surface area contributed by atoms with Crippen molar-refractivity contribution in [3.05, 3.63) is 81.8 Å². The number of benzene rings is 2. The molecule has 2 amide bonds. The molecule has 1 aliphatic heterocycles. The Bertz CT molecular complexity index is 1220. The topological polar surface area (TPSA) is 67.2 Å². The van der Waals surface area contributed by atoms with Crippen LogP contribution in [0, 0.1) is 0 Å². The summed E-state index contributed by atoms with van der Waals surface area (Å²) in [5, 5.41) is 3.17. The van der Waals surface area contributed by atoms with Gasteiger partial charge in [0.1, 0.15) is 5.82 Å². The highest BCUT2D eigenvalue weighted by atomic mass is 35.5. The standard InChI is InChI=1S/C24H22ClF3N4O2/c1-31(23(34)16-5-4-6-18(25)13-16)21-20(32-12-3-2-7-19(32)30-21)22(33)29-14-15-8-10-17(11-9-15)24(26,27)28/h4-6,8-11,13H,2-3,7,12,14H2,1H3,(H,29,33). The fourth-order valence-corrected chi connectivity index (χ4v) is 4.11. The second kappa shape index (κ2) is 9.50. The highest BCUT2D eigenvalue weighted by molar-refractivity contribution is 6.31. The van der Waals surface area contributed by atoms with E-state index in [1.807, 2.05) is 4.57 Å². The van der Waals surface area contributed by atoms with Crippen LogP contribution in [0.5, 0.6) is 0 Å². The van der Waals surface area contributed by atoms with Crippen LogP contribution < -0.4 is 10.2 Å². The largest absolute Gasteiger partial charge is 0.416 e. The maximum atomic E-state index is 13.2. The number of nitrogens with one attached hydrogen (secondary N) is 1. The monoisotopic (exact) mass is 490 g/mol. The summed E-state index contributed by atoms with van der Waals surface area (Å²) in [6.07, 6.45) is -1.95. The number of imidazole rings is 1. The average Bonchev–Trinajstić information content (AvgIpc) is 3.21. The molecule has 1 N–H and O–H groups in total. The molecule has 1 aromatic heterocycles. The number of anilines is 1. The van der Waals surface area contributed by atoms with Gasteiger partial charge >= 0.3 is 6.18 Å².